The maximum Gasteiger partial charge on any atom is 0.410 e. The molecule has 8 nitrogen and oxygen atoms in total. The van der Waals surface area contributed by atoms with Crippen LogP contribution in [-0.4, -0.2) is 56.9 Å². The first-order valence-corrected chi connectivity index (χ1v) is 11.4. The Morgan fingerprint density at radius 1 is 1.12 bits per heavy atom. The fourth-order valence-electron chi connectivity index (χ4n) is 4.68. The summed E-state index contributed by atoms with van der Waals surface area (Å²) in [7, 11) is 0. The van der Waals surface area contributed by atoms with Gasteiger partial charge >= 0.3 is 6.09 Å². The molecule has 1 aromatic carbocycles. The molecule has 4 rings (SSSR count). The summed E-state index contributed by atoms with van der Waals surface area (Å²) >= 11 is 0. The monoisotopic (exact) mass is 437 g/mol. The number of likely N-dealkylation sites (tertiary alicyclic amines) is 2. The van der Waals surface area contributed by atoms with E-state index in [0.717, 1.165) is 50.8 Å². The van der Waals surface area contributed by atoms with Crippen molar-refractivity contribution in [1.29, 1.82) is 5.26 Å². The lowest BCUT2D eigenvalue weighted by atomic mass is 9.94. The van der Waals surface area contributed by atoms with E-state index in [-0.39, 0.29) is 18.2 Å². The third kappa shape index (κ3) is 5.10. The molecule has 2 fully saturated rings. The number of nitrogens with zero attached hydrogens (tertiary/aromatic N) is 5. The summed E-state index contributed by atoms with van der Waals surface area (Å²) in [5.74, 6) is 1.02. The van der Waals surface area contributed by atoms with Crippen LogP contribution in [0.3, 0.4) is 0 Å². The summed E-state index contributed by atoms with van der Waals surface area (Å²) in [6, 6.07) is 9.62. The normalized spacial score (nSPS) is 22.0. The van der Waals surface area contributed by atoms with Crippen molar-refractivity contribution in [2.24, 2.45) is 0 Å². The predicted molar refractivity (Wildman–Crippen MR) is 118 cm³/mol. The molecule has 2 aromatic rings. The fraction of sp³-hybridized carbons (Fsp3) is 0.583. The van der Waals surface area contributed by atoms with E-state index >= 15 is 0 Å². The number of carbonyl (C=O) groups is 1. The van der Waals surface area contributed by atoms with Gasteiger partial charge in [-0.1, -0.05) is 6.42 Å². The van der Waals surface area contributed by atoms with E-state index < -0.39 is 5.60 Å². The van der Waals surface area contributed by atoms with Crippen molar-refractivity contribution in [2.45, 2.75) is 77.1 Å². The SMILES string of the molecule is CC(C)(C)OC(=O)N1CCCC1C1CCCCN1Cc1nnc(-c2ccc(C#N)cc2)o1. The van der Waals surface area contributed by atoms with Crippen molar-refractivity contribution in [3.8, 4) is 17.5 Å². The van der Waals surface area contributed by atoms with Crippen molar-refractivity contribution in [1.82, 2.24) is 20.0 Å². The topological polar surface area (TPSA) is 95.5 Å². The number of nitriles is 1. The van der Waals surface area contributed by atoms with E-state index in [0.29, 0.717) is 23.9 Å². The Morgan fingerprint density at radius 3 is 2.59 bits per heavy atom. The molecular formula is C24H31N5O3. The zero-order valence-electron chi connectivity index (χ0n) is 19.1. The Labute approximate surface area is 189 Å². The van der Waals surface area contributed by atoms with Crippen molar-refractivity contribution in [2.75, 3.05) is 13.1 Å². The summed E-state index contributed by atoms with van der Waals surface area (Å²) in [6.07, 6.45) is 5.08. The van der Waals surface area contributed by atoms with E-state index in [9.17, 15) is 4.79 Å². The van der Waals surface area contributed by atoms with Gasteiger partial charge in [-0.2, -0.15) is 5.26 Å². The minimum atomic E-state index is -0.498. The molecule has 0 bridgehead atoms. The molecule has 2 aliphatic rings. The van der Waals surface area contributed by atoms with Gasteiger partial charge < -0.3 is 14.1 Å². The highest BCUT2D eigenvalue weighted by Crippen LogP contribution is 2.31. The van der Waals surface area contributed by atoms with Crippen LogP contribution in [0.5, 0.6) is 0 Å². The fourth-order valence-corrected chi connectivity index (χ4v) is 4.68. The van der Waals surface area contributed by atoms with Crippen LogP contribution in [-0.2, 0) is 11.3 Å². The van der Waals surface area contributed by atoms with Crippen LogP contribution in [0.25, 0.3) is 11.5 Å². The van der Waals surface area contributed by atoms with E-state index in [1.54, 1.807) is 12.1 Å². The lowest BCUT2D eigenvalue weighted by Crippen LogP contribution is -2.53. The van der Waals surface area contributed by atoms with E-state index in [1.165, 1.54) is 0 Å². The maximum absolute atomic E-state index is 12.8. The number of aromatic nitrogens is 2. The highest BCUT2D eigenvalue weighted by atomic mass is 16.6. The minimum absolute atomic E-state index is 0.145. The lowest BCUT2D eigenvalue weighted by molar-refractivity contribution is 0.00540. The van der Waals surface area contributed by atoms with Gasteiger partial charge in [-0.15, -0.1) is 10.2 Å². The second-order valence-electron chi connectivity index (χ2n) is 9.61. The number of rotatable bonds is 4. The van der Waals surface area contributed by atoms with Gasteiger partial charge in [-0.05, 0) is 77.3 Å². The van der Waals surface area contributed by atoms with Gasteiger partial charge in [0.1, 0.15) is 5.60 Å². The van der Waals surface area contributed by atoms with Crippen LogP contribution < -0.4 is 0 Å². The molecule has 3 heterocycles. The Morgan fingerprint density at radius 2 is 1.88 bits per heavy atom. The first kappa shape index (κ1) is 22.3. The molecule has 2 unspecified atom stereocenters. The average Bonchev–Trinajstić information content (AvgIpc) is 3.43. The van der Waals surface area contributed by atoms with Crippen LogP contribution in [0.4, 0.5) is 4.79 Å². The van der Waals surface area contributed by atoms with Crippen LogP contribution in [0, 0.1) is 11.3 Å². The Kier molecular flexibility index (Phi) is 6.47. The lowest BCUT2D eigenvalue weighted by Gasteiger charge is -2.41. The van der Waals surface area contributed by atoms with Gasteiger partial charge in [0.2, 0.25) is 11.8 Å². The quantitative estimate of drug-likeness (QED) is 0.701. The van der Waals surface area contributed by atoms with Crippen LogP contribution in [0.2, 0.25) is 0 Å². The van der Waals surface area contributed by atoms with Gasteiger partial charge in [-0.25, -0.2) is 4.79 Å². The smallest absolute Gasteiger partial charge is 0.410 e. The minimum Gasteiger partial charge on any atom is -0.444 e. The van der Waals surface area contributed by atoms with Gasteiger partial charge in [0, 0.05) is 18.2 Å². The number of amides is 1. The molecule has 32 heavy (non-hydrogen) atoms. The average molecular weight is 438 g/mol. The molecule has 8 heteroatoms. The third-order valence-corrected chi connectivity index (χ3v) is 6.10. The first-order valence-electron chi connectivity index (χ1n) is 11.4. The van der Waals surface area contributed by atoms with Crippen molar-refractivity contribution < 1.29 is 13.9 Å². The van der Waals surface area contributed by atoms with Gasteiger partial charge in [-0.3, -0.25) is 4.90 Å². The van der Waals surface area contributed by atoms with Crippen molar-refractivity contribution >= 4 is 6.09 Å². The summed E-state index contributed by atoms with van der Waals surface area (Å²) in [6.45, 7) is 7.97. The van der Waals surface area contributed by atoms with E-state index in [2.05, 4.69) is 21.2 Å². The maximum atomic E-state index is 12.8. The second kappa shape index (κ2) is 9.29. The Balaban J connectivity index is 1.46. The zero-order chi connectivity index (χ0) is 22.7. The molecule has 0 N–H and O–H groups in total. The molecule has 0 aliphatic carbocycles. The molecular weight excluding hydrogens is 406 g/mol. The molecule has 2 atom stereocenters. The number of piperidine rings is 1. The Bertz CT molecular complexity index is 973. The van der Waals surface area contributed by atoms with Gasteiger partial charge in [0.25, 0.3) is 0 Å². The number of carbonyl (C=O) groups excluding carboxylic acids is 1. The molecule has 0 saturated carbocycles. The molecule has 170 valence electrons. The second-order valence-corrected chi connectivity index (χ2v) is 9.61. The van der Waals surface area contributed by atoms with E-state index in [4.69, 9.17) is 14.4 Å². The van der Waals surface area contributed by atoms with Crippen molar-refractivity contribution in [3.05, 3.63) is 35.7 Å². The molecule has 1 amide bonds. The summed E-state index contributed by atoms with van der Waals surface area (Å²) < 4.78 is 11.6. The number of benzene rings is 1. The molecule has 0 radical (unpaired) electrons. The first-order chi connectivity index (χ1) is 15.3. The third-order valence-electron chi connectivity index (χ3n) is 6.10. The molecule has 2 saturated heterocycles. The summed E-state index contributed by atoms with van der Waals surface area (Å²) in [5, 5.41) is 17.4. The van der Waals surface area contributed by atoms with Gasteiger partial charge in [0.05, 0.1) is 24.2 Å². The molecule has 1 aromatic heterocycles. The zero-order valence-corrected chi connectivity index (χ0v) is 19.1. The summed E-state index contributed by atoms with van der Waals surface area (Å²) in [5.41, 5.74) is 0.891. The highest BCUT2D eigenvalue weighted by molar-refractivity contribution is 5.69. The van der Waals surface area contributed by atoms with E-state index in [1.807, 2.05) is 37.8 Å². The molecule has 0 spiro atoms. The van der Waals surface area contributed by atoms with Crippen molar-refractivity contribution in [3.63, 3.8) is 0 Å². The van der Waals surface area contributed by atoms with Gasteiger partial charge in [0.15, 0.2) is 0 Å². The Hall–Kier alpha value is -2.92. The standard InChI is InChI=1S/C24H31N5O3/c1-24(2,3)32-23(30)29-14-6-8-20(29)19-7-4-5-13-28(19)16-21-26-27-22(31-21)18-11-9-17(15-25)10-12-18/h9-12,19-20H,4-8,13-14,16H2,1-3H3. The number of hydrogen-bond acceptors (Lipinski definition) is 7. The van der Waals surface area contributed by atoms with Crippen LogP contribution in [0.1, 0.15) is 64.3 Å². The predicted octanol–water partition coefficient (Wildman–Crippen LogP) is 4.36. The number of ether oxygens (including phenoxy) is 1. The summed E-state index contributed by atoms with van der Waals surface area (Å²) in [4.78, 5) is 17.1. The van der Waals surface area contributed by atoms with Crippen LogP contribution in [0.15, 0.2) is 28.7 Å². The highest BCUT2D eigenvalue weighted by Gasteiger charge is 2.40. The largest absolute Gasteiger partial charge is 0.444 e. The van der Waals surface area contributed by atoms with Crippen LogP contribution >= 0.6 is 0 Å². The molecule has 2 aliphatic heterocycles. The number of hydrogen-bond donors (Lipinski definition) is 0.